The average Bonchev–Trinajstić information content (AvgIpc) is 2.76. The number of carbonyl (C=O) groups is 2. The highest BCUT2D eigenvalue weighted by molar-refractivity contribution is 6.04. The van der Waals surface area contributed by atoms with Gasteiger partial charge in [-0.2, -0.15) is 0 Å². The van der Waals surface area contributed by atoms with Crippen molar-refractivity contribution in [1.29, 1.82) is 0 Å². The fourth-order valence-electron chi connectivity index (χ4n) is 6.42. The number of ketones is 1. The van der Waals surface area contributed by atoms with Crippen molar-refractivity contribution in [3.63, 3.8) is 0 Å². The van der Waals surface area contributed by atoms with E-state index < -0.39 is 5.41 Å². The molecule has 166 valence electrons. The van der Waals surface area contributed by atoms with Gasteiger partial charge in [0.25, 0.3) is 0 Å². The van der Waals surface area contributed by atoms with E-state index in [1.54, 1.807) is 0 Å². The maximum absolute atomic E-state index is 12.9. The van der Waals surface area contributed by atoms with Crippen molar-refractivity contribution in [3.05, 3.63) is 0 Å². The minimum Gasteiger partial charge on any atom is -0.465 e. The fourth-order valence-corrected chi connectivity index (χ4v) is 6.42. The lowest BCUT2D eigenvalue weighted by atomic mass is 9.62. The zero-order chi connectivity index (χ0) is 20.9. The van der Waals surface area contributed by atoms with Gasteiger partial charge >= 0.3 is 5.97 Å². The Kier molecular flexibility index (Phi) is 8.22. The normalized spacial score (nSPS) is 38.6. The highest BCUT2D eigenvalue weighted by Crippen LogP contribution is 2.47. The number of ether oxygens (including phenoxy) is 1. The lowest BCUT2D eigenvalue weighted by Gasteiger charge is -2.42. The molecule has 0 heterocycles. The van der Waals surface area contributed by atoms with Gasteiger partial charge in [0.2, 0.25) is 0 Å². The summed E-state index contributed by atoms with van der Waals surface area (Å²) in [6, 6.07) is 0. The molecule has 3 nitrogen and oxygen atoms in total. The van der Waals surface area contributed by atoms with Crippen LogP contribution in [0.2, 0.25) is 0 Å². The third kappa shape index (κ3) is 5.44. The molecule has 0 aromatic heterocycles. The molecule has 0 radical (unpaired) electrons. The first-order valence-electron chi connectivity index (χ1n) is 12.7. The van der Waals surface area contributed by atoms with Crippen LogP contribution in [0.15, 0.2) is 0 Å². The van der Waals surface area contributed by atoms with Crippen molar-refractivity contribution in [2.75, 3.05) is 6.61 Å². The molecule has 0 N–H and O–H groups in total. The predicted molar refractivity (Wildman–Crippen MR) is 118 cm³/mol. The molecule has 3 aliphatic rings. The zero-order valence-electron chi connectivity index (χ0n) is 19.2. The molecule has 0 unspecified atom stereocenters. The summed E-state index contributed by atoms with van der Waals surface area (Å²) in [5.74, 6) is 3.93. The van der Waals surface area contributed by atoms with Crippen LogP contribution in [0.5, 0.6) is 0 Å². The second-order valence-corrected chi connectivity index (χ2v) is 10.6. The smallest absolute Gasteiger partial charge is 0.319 e. The SMILES string of the molecule is CCCCOC(=O)[C@@]1(C)CC[C@@H](C2CCC([C@H]3CC[C@H](CC)CC3)CC2)CC1=O. The molecule has 0 saturated heterocycles. The van der Waals surface area contributed by atoms with Crippen LogP contribution in [0.3, 0.4) is 0 Å². The van der Waals surface area contributed by atoms with E-state index in [0.29, 0.717) is 31.3 Å². The van der Waals surface area contributed by atoms with Crippen molar-refractivity contribution >= 4 is 11.8 Å². The summed E-state index contributed by atoms with van der Waals surface area (Å²) in [5, 5.41) is 0. The van der Waals surface area contributed by atoms with Gasteiger partial charge in [-0.1, -0.05) is 39.5 Å². The van der Waals surface area contributed by atoms with E-state index in [1.807, 2.05) is 6.92 Å². The van der Waals surface area contributed by atoms with E-state index in [4.69, 9.17) is 4.74 Å². The molecular formula is C26H44O3. The van der Waals surface area contributed by atoms with E-state index >= 15 is 0 Å². The van der Waals surface area contributed by atoms with E-state index in [1.165, 1.54) is 57.8 Å². The molecule has 0 aromatic carbocycles. The minimum absolute atomic E-state index is 0.134. The van der Waals surface area contributed by atoms with Gasteiger partial charge < -0.3 is 4.74 Å². The van der Waals surface area contributed by atoms with Crippen LogP contribution in [0.25, 0.3) is 0 Å². The maximum atomic E-state index is 12.9. The van der Waals surface area contributed by atoms with Crippen LogP contribution >= 0.6 is 0 Å². The molecule has 0 spiro atoms. The summed E-state index contributed by atoms with van der Waals surface area (Å²) in [7, 11) is 0. The summed E-state index contributed by atoms with van der Waals surface area (Å²) in [6.45, 7) is 6.70. The van der Waals surface area contributed by atoms with Gasteiger partial charge in [0, 0.05) is 6.42 Å². The molecule has 29 heavy (non-hydrogen) atoms. The molecule has 3 fully saturated rings. The largest absolute Gasteiger partial charge is 0.465 e. The molecule has 3 rings (SSSR count). The molecule has 0 amide bonds. The second-order valence-electron chi connectivity index (χ2n) is 10.6. The number of carbonyl (C=O) groups excluding carboxylic acids is 2. The van der Waals surface area contributed by atoms with E-state index in [0.717, 1.165) is 37.0 Å². The van der Waals surface area contributed by atoms with Crippen LogP contribution < -0.4 is 0 Å². The standard InChI is InChI=1S/C26H44O3/c1-4-6-17-29-25(28)26(3)16-15-23(18-24(26)27)22-13-11-21(12-14-22)20-9-7-19(5-2)8-10-20/h19-23H,4-18H2,1-3H3/t19-,20-,21?,22?,23-,26+/m1/s1. The third-order valence-electron chi connectivity index (χ3n) is 8.88. The van der Waals surface area contributed by atoms with Gasteiger partial charge in [0.05, 0.1) is 6.61 Å². The van der Waals surface area contributed by atoms with Crippen LogP contribution in [-0.4, -0.2) is 18.4 Å². The van der Waals surface area contributed by atoms with Gasteiger partial charge in [-0.3, -0.25) is 9.59 Å². The van der Waals surface area contributed by atoms with Crippen molar-refractivity contribution in [2.45, 2.75) is 111 Å². The lowest BCUT2D eigenvalue weighted by Crippen LogP contribution is -2.44. The molecular weight excluding hydrogens is 360 g/mol. The fraction of sp³-hybridized carbons (Fsp3) is 0.923. The molecule has 3 aliphatic carbocycles. The molecule has 2 atom stereocenters. The van der Waals surface area contributed by atoms with Crippen LogP contribution in [-0.2, 0) is 14.3 Å². The van der Waals surface area contributed by atoms with Crippen molar-refractivity contribution < 1.29 is 14.3 Å². The molecule has 0 bridgehead atoms. The van der Waals surface area contributed by atoms with Crippen LogP contribution in [0.1, 0.15) is 111 Å². The maximum Gasteiger partial charge on any atom is 0.319 e. The Balaban J connectivity index is 1.44. The van der Waals surface area contributed by atoms with Crippen LogP contribution in [0, 0.1) is 35.0 Å². The molecule has 0 aromatic rings. The first-order chi connectivity index (χ1) is 14.0. The Morgan fingerprint density at radius 1 is 0.897 bits per heavy atom. The monoisotopic (exact) mass is 404 g/mol. The second kappa shape index (κ2) is 10.4. The third-order valence-corrected chi connectivity index (χ3v) is 8.88. The number of rotatable bonds is 7. The Morgan fingerprint density at radius 3 is 1.97 bits per heavy atom. The lowest BCUT2D eigenvalue weighted by molar-refractivity contribution is -0.162. The van der Waals surface area contributed by atoms with Gasteiger partial charge in [0.15, 0.2) is 0 Å². The molecule has 3 heteroatoms. The Labute approximate surface area is 178 Å². The number of unbranched alkanes of at least 4 members (excludes halogenated alkanes) is 1. The summed E-state index contributed by atoms with van der Waals surface area (Å²) < 4.78 is 5.41. The number of hydrogen-bond acceptors (Lipinski definition) is 3. The highest BCUT2D eigenvalue weighted by atomic mass is 16.5. The van der Waals surface area contributed by atoms with Gasteiger partial charge in [-0.15, -0.1) is 0 Å². The predicted octanol–water partition coefficient (Wildman–Crippen LogP) is 6.73. The first kappa shape index (κ1) is 22.8. The van der Waals surface area contributed by atoms with Crippen molar-refractivity contribution in [2.24, 2.45) is 35.0 Å². The van der Waals surface area contributed by atoms with Gasteiger partial charge in [-0.05, 0) is 94.3 Å². The summed E-state index contributed by atoms with van der Waals surface area (Å²) in [4.78, 5) is 25.4. The Morgan fingerprint density at radius 2 is 1.45 bits per heavy atom. The minimum atomic E-state index is -0.890. The zero-order valence-corrected chi connectivity index (χ0v) is 19.2. The Hall–Kier alpha value is -0.860. The Bertz CT molecular complexity index is 540. The summed E-state index contributed by atoms with van der Waals surface area (Å²) >= 11 is 0. The molecule has 0 aliphatic heterocycles. The van der Waals surface area contributed by atoms with Gasteiger partial charge in [-0.25, -0.2) is 0 Å². The quantitative estimate of drug-likeness (QED) is 0.268. The number of hydrogen-bond donors (Lipinski definition) is 0. The van der Waals surface area contributed by atoms with E-state index in [-0.39, 0.29) is 11.8 Å². The topological polar surface area (TPSA) is 43.4 Å². The molecule has 3 saturated carbocycles. The van der Waals surface area contributed by atoms with Crippen LogP contribution in [0.4, 0.5) is 0 Å². The summed E-state index contributed by atoms with van der Waals surface area (Å²) in [5.41, 5.74) is -0.890. The van der Waals surface area contributed by atoms with Crippen molar-refractivity contribution in [1.82, 2.24) is 0 Å². The van der Waals surface area contributed by atoms with Crippen molar-refractivity contribution in [3.8, 4) is 0 Å². The highest BCUT2D eigenvalue weighted by Gasteiger charge is 2.47. The van der Waals surface area contributed by atoms with E-state index in [9.17, 15) is 9.59 Å². The van der Waals surface area contributed by atoms with E-state index in [2.05, 4.69) is 13.8 Å². The summed E-state index contributed by atoms with van der Waals surface area (Å²) in [6.07, 6.45) is 16.7. The first-order valence-corrected chi connectivity index (χ1v) is 12.7. The number of esters is 1. The number of Topliss-reactive ketones (excluding diaryl/α,β-unsaturated/α-hetero) is 1. The average molecular weight is 405 g/mol. The van der Waals surface area contributed by atoms with Gasteiger partial charge in [0.1, 0.15) is 11.2 Å².